The number of benzene rings is 1. The molecule has 0 saturated carbocycles. The number of hydroxylamine groups is 1. The first kappa shape index (κ1) is 11.7. The first-order valence-electron chi connectivity index (χ1n) is 4.77. The average molecular weight is 209 g/mol. The fourth-order valence-corrected chi connectivity index (χ4v) is 1.11. The molecule has 4 nitrogen and oxygen atoms in total. The minimum absolute atomic E-state index is 0.0810. The van der Waals surface area contributed by atoms with Crippen molar-refractivity contribution >= 4 is 5.91 Å². The van der Waals surface area contributed by atoms with Gasteiger partial charge in [-0.15, -0.1) is 0 Å². The molecule has 1 amide bonds. The van der Waals surface area contributed by atoms with Crippen molar-refractivity contribution in [2.45, 2.75) is 20.0 Å². The largest absolute Gasteiger partial charge is 0.391 e. The van der Waals surface area contributed by atoms with Crippen molar-refractivity contribution in [2.75, 3.05) is 6.61 Å². The molecular weight excluding hydrogens is 194 g/mol. The summed E-state index contributed by atoms with van der Waals surface area (Å²) in [7, 11) is 0. The summed E-state index contributed by atoms with van der Waals surface area (Å²) in [5.41, 5.74) is 3.73. The van der Waals surface area contributed by atoms with E-state index in [9.17, 15) is 4.79 Å². The molecule has 1 unspecified atom stereocenters. The average Bonchev–Trinajstić information content (AvgIpc) is 2.17. The Balaban J connectivity index is 2.51. The molecule has 1 aromatic carbocycles. The van der Waals surface area contributed by atoms with Crippen molar-refractivity contribution in [1.29, 1.82) is 0 Å². The van der Waals surface area contributed by atoms with Gasteiger partial charge in [0, 0.05) is 5.56 Å². The lowest BCUT2D eigenvalue weighted by molar-refractivity contribution is -0.00690. The number of aryl methyl sites for hydroxylation is 1. The molecule has 2 N–H and O–H groups in total. The molecule has 0 aromatic heterocycles. The fourth-order valence-electron chi connectivity index (χ4n) is 1.11. The molecule has 1 atom stereocenters. The number of hydrogen-bond acceptors (Lipinski definition) is 3. The van der Waals surface area contributed by atoms with Gasteiger partial charge in [0.2, 0.25) is 0 Å². The summed E-state index contributed by atoms with van der Waals surface area (Å²) in [5.74, 6) is -0.297. The van der Waals surface area contributed by atoms with Gasteiger partial charge in [0.25, 0.3) is 5.91 Å². The number of rotatable bonds is 4. The Bertz CT molecular complexity index is 336. The second-order valence-electron chi connectivity index (χ2n) is 3.41. The lowest BCUT2D eigenvalue weighted by Gasteiger charge is -2.08. The van der Waals surface area contributed by atoms with Gasteiger partial charge >= 0.3 is 0 Å². The number of aliphatic hydroxyl groups is 1. The van der Waals surface area contributed by atoms with E-state index in [0.29, 0.717) is 5.56 Å². The molecule has 0 bridgehead atoms. The smallest absolute Gasteiger partial charge is 0.275 e. The zero-order valence-electron chi connectivity index (χ0n) is 8.86. The summed E-state index contributed by atoms with van der Waals surface area (Å²) in [4.78, 5) is 16.3. The van der Waals surface area contributed by atoms with Crippen LogP contribution < -0.4 is 5.48 Å². The van der Waals surface area contributed by atoms with Crippen LogP contribution in [0.4, 0.5) is 0 Å². The molecule has 0 aliphatic carbocycles. The van der Waals surface area contributed by atoms with Gasteiger partial charge in [-0.3, -0.25) is 9.63 Å². The maximum absolute atomic E-state index is 11.5. The van der Waals surface area contributed by atoms with Crippen LogP contribution >= 0.6 is 0 Å². The molecule has 1 rings (SSSR count). The SMILES string of the molecule is Cc1ccccc1C(=O)NOCC(C)O. The second kappa shape index (κ2) is 5.48. The number of carbonyl (C=O) groups is 1. The zero-order valence-corrected chi connectivity index (χ0v) is 8.86. The fraction of sp³-hybridized carbons (Fsp3) is 0.364. The van der Waals surface area contributed by atoms with E-state index in [2.05, 4.69) is 5.48 Å². The van der Waals surface area contributed by atoms with Gasteiger partial charge in [0.05, 0.1) is 6.10 Å². The zero-order chi connectivity index (χ0) is 11.3. The van der Waals surface area contributed by atoms with E-state index < -0.39 is 6.10 Å². The van der Waals surface area contributed by atoms with Crippen LogP contribution in [0.25, 0.3) is 0 Å². The highest BCUT2D eigenvalue weighted by Gasteiger charge is 2.07. The van der Waals surface area contributed by atoms with Crippen molar-refractivity contribution in [3.05, 3.63) is 35.4 Å². The lowest BCUT2D eigenvalue weighted by Crippen LogP contribution is -2.27. The molecule has 0 fully saturated rings. The summed E-state index contributed by atoms with van der Waals surface area (Å²) in [6.45, 7) is 3.52. The lowest BCUT2D eigenvalue weighted by atomic mass is 10.1. The molecule has 0 heterocycles. The highest BCUT2D eigenvalue weighted by Crippen LogP contribution is 2.06. The van der Waals surface area contributed by atoms with Crippen molar-refractivity contribution in [1.82, 2.24) is 5.48 Å². The first-order chi connectivity index (χ1) is 7.11. The van der Waals surface area contributed by atoms with Gasteiger partial charge < -0.3 is 5.11 Å². The van der Waals surface area contributed by atoms with Crippen LogP contribution in [0.2, 0.25) is 0 Å². The van der Waals surface area contributed by atoms with E-state index in [0.717, 1.165) is 5.56 Å². The van der Waals surface area contributed by atoms with Crippen molar-refractivity contribution in [3.8, 4) is 0 Å². The summed E-state index contributed by atoms with van der Waals surface area (Å²) in [6, 6.07) is 7.22. The standard InChI is InChI=1S/C11H15NO3/c1-8-5-3-4-6-10(8)11(14)12-15-7-9(2)13/h3-6,9,13H,7H2,1-2H3,(H,12,14). The third kappa shape index (κ3) is 3.69. The summed E-state index contributed by atoms with van der Waals surface area (Å²) in [5, 5.41) is 8.91. The van der Waals surface area contributed by atoms with E-state index in [1.54, 1.807) is 19.1 Å². The highest BCUT2D eigenvalue weighted by molar-refractivity contribution is 5.94. The van der Waals surface area contributed by atoms with E-state index >= 15 is 0 Å². The Labute approximate surface area is 88.8 Å². The van der Waals surface area contributed by atoms with Crippen LogP contribution in [-0.2, 0) is 4.84 Å². The monoisotopic (exact) mass is 209 g/mol. The summed E-state index contributed by atoms with van der Waals surface area (Å²) in [6.07, 6.45) is -0.595. The van der Waals surface area contributed by atoms with Crippen LogP contribution in [0.5, 0.6) is 0 Å². The maximum Gasteiger partial charge on any atom is 0.275 e. The molecule has 0 aliphatic rings. The molecule has 1 aromatic rings. The van der Waals surface area contributed by atoms with E-state index in [4.69, 9.17) is 9.94 Å². The molecule has 15 heavy (non-hydrogen) atoms. The Kier molecular flexibility index (Phi) is 4.27. The van der Waals surface area contributed by atoms with Gasteiger partial charge in [-0.25, -0.2) is 5.48 Å². The van der Waals surface area contributed by atoms with Crippen LogP contribution in [-0.4, -0.2) is 23.7 Å². The Morgan fingerprint density at radius 3 is 2.80 bits per heavy atom. The third-order valence-corrected chi connectivity index (χ3v) is 1.88. The van der Waals surface area contributed by atoms with E-state index in [1.807, 2.05) is 19.1 Å². The van der Waals surface area contributed by atoms with Crippen molar-refractivity contribution < 1.29 is 14.7 Å². The van der Waals surface area contributed by atoms with Crippen molar-refractivity contribution in [3.63, 3.8) is 0 Å². The van der Waals surface area contributed by atoms with E-state index in [1.165, 1.54) is 0 Å². The van der Waals surface area contributed by atoms with Crippen LogP contribution in [0.1, 0.15) is 22.8 Å². The van der Waals surface area contributed by atoms with Crippen LogP contribution in [0, 0.1) is 6.92 Å². The predicted molar refractivity (Wildman–Crippen MR) is 56.3 cm³/mol. The number of aliphatic hydroxyl groups excluding tert-OH is 1. The minimum atomic E-state index is -0.595. The van der Waals surface area contributed by atoms with Gasteiger partial charge in [0.15, 0.2) is 0 Å². The maximum atomic E-state index is 11.5. The van der Waals surface area contributed by atoms with Crippen LogP contribution in [0.15, 0.2) is 24.3 Å². The predicted octanol–water partition coefficient (Wildman–Crippen LogP) is 1.04. The Hall–Kier alpha value is -1.39. The molecule has 0 aliphatic heterocycles. The number of carbonyl (C=O) groups excluding carboxylic acids is 1. The summed E-state index contributed by atoms with van der Waals surface area (Å²) >= 11 is 0. The molecule has 0 saturated heterocycles. The van der Waals surface area contributed by atoms with Crippen LogP contribution in [0.3, 0.4) is 0 Å². The van der Waals surface area contributed by atoms with E-state index in [-0.39, 0.29) is 12.5 Å². The molecule has 82 valence electrons. The molecular formula is C11H15NO3. The third-order valence-electron chi connectivity index (χ3n) is 1.88. The van der Waals surface area contributed by atoms with Gasteiger partial charge in [-0.2, -0.15) is 0 Å². The second-order valence-corrected chi connectivity index (χ2v) is 3.41. The number of hydrogen-bond donors (Lipinski definition) is 2. The first-order valence-corrected chi connectivity index (χ1v) is 4.77. The molecule has 4 heteroatoms. The molecule has 0 radical (unpaired) electrons. The topological polar surface area (TPSA) is 58.6 Å². The summed E-state index contributed by atoms with van der Waals surface area (Å²) < 4.78 is 0. The number of nitrogens with one attached hydrogen (secondary N) is 1. The van der Waals surface area contributed by atoms with Crippen molar-refractivity contribution in [2.24, 2.45) is 0 Å². The number of amides is 1. The molecule has 0 spiro atoms. The quantitative estimate of drug-likeness (QED) is 0.728. The Morgan fingerprint density at radius 1 is 1.53 bits per heavy atom. The normalized spacial score (nSPS) is 12.2. The van der Waals surface area contributed by atoms with Gasteiger partial charge in [-0.05, 0) is 25.5 Å². The minimum Gasteiger partial charge on any atom is -0.391 e. The highest BCUT2D eigenvalue weighted by atomic mass is 16.7. The van der Waals surface area contributed by atoms with Gasteiger partial charge in [-0.1, -0.05) is 18.2 Å². The van der Waals surface area contributed by atoms with Gasteiger partial charge in [0.1, 0.15) is 6.61 Å². The Morgan fingerprint density at radius 2 is 2.20 bits per heavy atom.